The van der Waals surface area contributed by atoms with Crippen LogP contribution in [-0.2, 0) is 19.1 Å². The fourth-order valence-electron chi connectivity index (χ4n) is 3.21. The zero-order valence-electron chi connectivity index (χ0n) is 14.5. The Balaban J connectivity index is 1.61. The van der Waals surface area contributed by atoms with E-state index >= 15 is 0 Å². The zero-order valence-corrected chi connectivity index (χ0v) is 15.3. The van der Waals surface area contributed by atoms with Gasteiger partial charge in [-0.05, 0) is 38.5 Å². The maximum atomic E-state index is 12.5. The van der Waals surface area contributed by atoms with Crippen molar-refractivity contribution in [2.75, 3.05) is 11.1 Å². The van der Waals surface area contributed by atoms with Crippen molar-refractivity contribution in [1.82, 2.24) is 4.90 Å². The molecule has 7 nitrogen and oxygen atoms in total. The van der Waals surface area contributed by atoms with E-state index in [9.17, 15) is 14.4 Å². The van der Waals surface area contributed by atoms with Crippen LogP contribution in [0.2, 0.25) is 0 Å². The van der Waals surface area contributed by atoms with E-state index in [1.807, 2.05) is 13.0 Å². The van der Waals surface area contributed by atoms with E-state index in [4.69, 9.17) is 10.00 Å². The van der Waals surface area contributed by atoms with E-state index in [1.165, 1.54) is 13.0 Å². The van der Waals surface area contributed by atoms with Gasteiger partial charge in [0, 0.05) is 17.9 Å². The minimum atomic E-state index is -1.01. The van der Waals surface area contributed by atoms with Crippen molar-refractivity contribution in [1.29, 1.82) is 5.26 Å². The summed E-state index contributed by atoms with van der Waals surface area (Å²) in [5.41, 5.74) is 0.873. The number of hydrogen-bond acceptors (Lipinski definition) is 6. The quantitative estimate of drug-likeness (QED) is 0.809. The Morgan fingerprint density at radius 2 is 2.27 bits per heavy atom. The molecule has 0 unspecified atom stereocenters. The third-order valence-electron chi connectivity index (χ3n) is 4.64. The Kier molecular flexibility index (Phi) is 4.92. The Bertz CT molecular complexity index is 806. The molecule has 0 aromatic heterocycles. The highest BCUT2D eigenvalue weighted by Crippen LogP contribution is 2.47. The second-order valence-corrected chi connectivity index (χ2v) is 8.03. The third-order valence-corrected chi connectivity index (χ3v) is 6.14. The van der Waals surface area contributed by atoms with Crippen molar-refractivity contribution < 1.29 is 19.1 Å². The van der Waals surface area contributed by atoms with Crippen LogP contribution in [0, 0.1) is 11.3 Å². The summed E-state index contributed by atoms with van der Waals surface area (Å²) in [5.74, 6) is -0.635. The third kappa shape index (κ3) is 3.40. The molecule has 3 atom stereocenters. The number of hydrogen-bond donors (Lipinski definition) is 1. The van der Waals surface area contributed by atoms with Gasteiger partial charge in [-0.15, -0.1) is 11.8 Å². The van der Waals surface area contributed by atoms with Crippen LogP contribution < -0.4 is 5.32 Å². The van der Waals surface area contributed by atoms with E-state index in [1.54, 1.807) is 34.9 Å². The van der Waals surface area contributed by atoms with E-state index in [0.717, 1.165) is 0 Å². The molecule has 1 aromatic carbocycles. The molecule has 2 heterocycles. The van der Waals surface area contributed by atoms with E-state index in [2.05, 4.69) is 5.32 Å². The summed E-state index contributed by atoms with van der Waals surface area (Å²) in [7, 11) is 0. The van der Waals surface area contributed by atoms with E-state index in [0.29, 0.717) is 29.8 Å². The molecule has 2 amide bonds. The number of carbonyl (C=O) groups is 3. The lowest BCUT2D eigenvalue weighted by atomic mass is 10.2. The van der Waals surface area contributed by atoms with Crippen LogP contribution in [0.5, 0.6) is 0 Å². The second-order valence-electron chi connectivity index (χ2n) is 6.53. The van der Waals surface area contributed by atoms with Crippen LogP contribution in [-0.4, -0.2) is 45.5 Å². The fraction of sp³-hybridized carbons (Fsp3) is 0.444. The number of nitrogens with zero attached hydrogens (tertiary/aromatic N) is 2. The van der Waals surface area contributed by atoms with Crippen molar-refractivity contribution in [2.45, 2.75) is 43.7 Å². The molecule has 0 aliphatic carbocycles. The predicted octanol–water partition coefficient (Wildman–Crippen LogP) is 1.88. The van der Waals surface area contributed by atoms with Crippen molar-refractivity contribution in [2.24, 2.45) is 0 Å². The SMILES string of the molecule is C[C@H](OC(=O)[C@@H]1CS[C@]2(C)CCC(=O)N12)C(=O)Nc1cccc(C#N)c1. The lowest BCUT2D eigenvalue weighted by Gasteiger charge is -2.29. The number of nitriles is 1. The highest BCUT2D eigenvalue weighted by atomic mass is 32.2. The highest BCUT2D eigenvalue weighted by molar-refractivity contribution is 8.01. The average molecular weight is 373 g/mol. The number of nitrogens with one attached hydrogen (secondary N) is 1. The largest absolute Gasteiger partial charge is 0.451 e. The molecule has 136 valence electrons. The number of benzene rings is 1. The van der Waals surface area contributed by atoms with Gasteiger partial charge in [0.25, 0.3) is 5.91 Å². The van der Waals surface area contributed by atoms with Gasteiger partial charge in [-0.25, -0.2) is 4.79 Å². The Hall–Kier alpha value is -2.53. The van der Waals surface area contributed by atoms with Crippen LogP contribution in [0.4, 0.5) is 5.69 Å². The standard InChI is InChI=1S/C18H19N3O4S/c1-11(16(23)20-13-5-3-4-12(8-13)9-19)25-17(24)14-10-26-18(2)7-6-15(22)21(14)18/h3-5,8,11,14H,6-7,10H2,1-2H3,(H,20,23)/t11-,14-,18+/m0/s1. The first-order valence-electron chi connectivity index (χ1n) is 8.32. The Labute approximate surface area is 155 Å². The summed E-state index contributed by atoms with van der Waals surface area (Å²) < 4.78 is 5.30. The van der Waals surface area contributed by atoms with E-state index < -0.39 is 24.0 Å². The molecule has 8 heteroatoms. The normalized spacial score (nSPS) is 25.3. The summed E-state index contributed by atoms with van der Waals surface area (Å²) in [6.07, 6.45) is 0.132. The molecule has 1 N–H and O–H groups in total. The molecule has 0 saturated carbocycles. The smallest absolute Gasteiger partial charge is 0.330 e. The molecule has 2 aliphatic rings. The number of anilines is 1. The Morgan fingerprint density at radius 1 is 1.50 bits per heavy atom. The second kappa shape index (κ2) is 7.00. The number of esters is 1. The van der Waals surface area contributed by atoms with Gasteiger partial charge in [-0.1, -0.05) is 6.07 Å². The molecule has 3 rings (SSSR count). The van der Waals surface area contributed by atoms with Crippen molar-refractivity contribution >= 4 is 35.2 Å². The zero-order chi connectivity index (χ0) is 18.9. The number of thioether (sulfide) groups is 1. The van der Waals surface area contributed by atoms with Crippen molar-refractivity contribution in [3.05, 3.63) is 29.8 Å². The molecule has 0 radical (unpaired) electrons. The average Bonchev–Trinajstić information content (AvgIpc) is 3.11. The lowest BCUT2D eigenvalue weighted by molar-refractivity contribution is -0.160. The molecule has 1 aromatic rings. The lowest BCUT2D eigenvalue weighted by Crippen LogP contribution is -2.48. The van der Waals surface area contributed by atoms with Crippen molar-refractivity contribution in [3.8, 4) is 6.07 Å². The Morgan fingerprint density at radius 3 is 3.00 bits per heavy atom. The van der Waals surface area contributed by atoms with Gasteiger partial charge in [-0.2, -0.15) is 5.26 Å². The number of rotatable bonds is 4. The van der Waals surface area contributed by atoms with Gasteiger partial charge in [0.1, 0.15) is 6.04 Å². The van der Waals surface area contributed by atoms with Crippen molar-refractivity contribution in [3.63, 3.8) is 0 Å². The van der Waals surface area contributed by atoms with Crippen LogP contribution >= 0.6 is 11.8 Å². The van der Waals surface area contributed by atoms with Gasteiger partial charge in [0.15, 0.2) is 6.10 Å². The fourth-order valence-corrected chi connectivity index (χ4v) is 4.63. The predicted molar refractivity (Wildman–Crippen MR) is 96.1 cm³/mol. The van der Waals surface area contributed by atoms with Crippen LogP contribution in [0.25, 0.3) is 0 Å². The van der Waals surface area contributed by atoms with Crippen LogP contribution in [0.3, 0.4) is 0 Å². The number of amides is 2. The first-order chi connectivity index (χ1) is 12.3. The van der Waals surface area contributed by atoms with Crippen LogP contribution in [0.15, 0.2) is 24.3 Å². The molecule has 2 fully saturated rings. The van der Waals surface area contributed by atoms with Gasteiger partial charge in [0.05, 0.1) is 16.5 Å². The molecule has 0 spiro atoms. The highest BCUT2D eigenvalue weighted by Gasteiger charge is 2.53. The summed E-state index contributed by atoms with van der Waals surface area (Å²) in [6, 6.07) is 7.80. The molecular weight excluding hydrogens is 354 g/mol. The summed E-state index contributed by atoms with van der Waals surface area (Å²) in [5, 5.41) is 11.5. The molecule has 0 bridgehead atoms. The topological polar surface area (TPSA) is 99.5 Å². The van der Waals surface area contributed by atoms with E-state index in [-0.39, 0.29) is 10.8 Å². The van der Waals surface area contributed by atoms with Gasteiger partial charge >= 0.3 is 5.97 Å². The summed E-state index contributed by atoms with van der Waals surface area (Å²) in [6.45, 7) is 3.43. The molecule has 2 aliphatic heterocycles. The van der Waals surface area contributed by atoms with Gasteiger partial charge in [0.2, 0.25) is 5.91 Å². The molecule has 26 heavy (non-hydrogen) atoms. The first kappa shape index (κ1) is 18.3. The van der Waals surface area contributed by atoms with Gasteiger partial charge in [-0.3, -0.25) is 9.59 Å². The minimum Gasteiger partial charge on any atom is -0.451 e. The maximum absolute atomic E-state index is 12.5. The molecular formula is C18H19N3O4S. The van der Waals surface area contributed by atoms with Gasteiger partial charge < -0.3 is 15.0 Å². The summed E-state index contributed by atoms with van der Waals surface area (Å²) in [4.78, 5) is 38.1. The number of fused-ring (bicyclic) bond motifs is 1. The number of ether oxygens (including phenoxy) is 1. The van der Waals surface area contributed by atoms with Crippen LogP contribution in [0.1, 0.15) is 32.3 Å². The maximum Gasteiger partial charge on any atom is 0.330 e. The summed E-state index contributed by atoms with van der Waals surface area (Å²) >= 11 is 1.57. The minimum absolute atomic E-state index is 0.0510. The number of carbonyl (C=O) groups excluding carboxylic acids is 3. The molecule has 2 saturated heterocycles. The monoisotopic (exact) mass is 373 g/mol. The first-order valence-corrected chi connectivity index (χ1v) is 9.30.